The number of non-ortho nitro benzene ring substituents is 1. The number of rotatable bonds is 4. The fraction of sp³-hybridized carbons (Fsp3) is 0.0769. The van der Waals surface area contributed by atoms with Crippen LogP contribution in [0.5, 0.6) is 0 Å². The lowest BCUT2D eigenvalue weighted by Crippen LogP contribution is -2.13. The van der Waals surface area contributed by atoms with E-state index in [4.69, 9.17) is 16.7 Å². The van der Waals surface area contributed by atoms with Gasteiger partial charge in [0.2, 0.25) is 10.0 Å². The minimum absolute atomic E-state index is 0.00414. The topological polar surface area (TPSA) is 115 Å². The van der Waals surface area contributed by atoms with Crippen LogP contribution in [0.2, 0.25) is 5.02 Å². The van der Waals surface area contributed by atoms with Gasteiger partial charge in [0.05, 0.1) is 20.5 Å². The van der Waals surface area contributed by atoms with E-state index in [0.717, 1.165) is 0 Å². The Hall–Kier alpha value is -2.16. The molecule has 2 aromatic rings. The molecule has 0 spiro atoms. The molecule has 0 saturated carbocycles. The number of anilines is 2. The summed E-state index contributed by atoms with van der Waals surface area (Å²) in [5.74, 6) is 0. The van der Waals surface area contributed by atoms with Crippen molar-refractivity contribution in [1.82, 2.24) is 0 Å². The quantitative estimate of drug-likeness (QED) is 0.655. The van der Waals surface area contributed by atoms with Crippen LogP contribution in [0.4, 0.5) is 17.1 Å². The molecule has 0 radical (unpaired) electrons. The molecule has 2 aromatic carbocycles. The van der Waals surface area contributed by atoms with Gasteiger partial charge in [-0.2, -0.15) is 0 Å². The predicted octanol–water partition coefficient (Wildman–Crippen LogP) is 2.95. The zero-order chi connectivity index (χ0) is 16.5. The average Bonchev–Trinajstić information content (AvgIpc) is 2.41. The molecular formula is C13H12ClN3O4S. The Morgan fingerprint density at radius 2 is 1.91 bits per heavy atom. The molecule has 0 aromatic heterocycles. The summed E-state index contributed by atoms with van der Waals surface area (Å²) in [7, 11) is -3.84. The summed E-state index contributed by atoms with van der Waals surface area (Å²) in [5, 5.41) is 18.9. The van der Waals surface area contributed by atoms with E-state index in [0.29, 0.717) is 16.9 Å². The standard InChI is InChI=1S/C13H12ClN3O4S/c1-8-2-3-9(6-13(8)22(15,20)21)16-12-5-4-10(17(18)19)7-11(12)14/h2-7,16H,1H3,(H2,15,20,21). The zero-order valence-corrected chi connectivity index (χ0v) is 13.0. The van der Waals surface area contributed by atoms with Gasteiger partial charge in [-0.3, -0.25) is 10.1 Å². The number of primary sulfonamides is 1. The Morgan fingerprint density at radius 3 is 2.45 bits per heavy atom. The SMILES string of the molecule is Cc1ccc(Nc2ccc([N+](=O)[O-])cc2Cl)cc1S(N)(=O)=O. The maximum absolute atomic E-state index is 11.5. The van der Waals surface area contributed by atoms with Crippen LogP contribution in [0.15, 0.2) is 41.3 Å². The second kappa shape index (κ2) is 5.91. The number of halogens is 1. The molecule has 0 atom stereocenters. The van der Waals surface area contributed by atoms with E-state index in [2.05, 4.69) is 5.32 Å². The van der Waals surface area contributed by atoms with Crippen molar-refractivity contribution in [3.8, 4) is 0 Å². The Kier molecular flexibility index (Phi) is 4.36. The van der Waals surface area contributed by atoms with E-state index in [9.17, 15) is 18.5 Å². The third-order valence-electron chi connectivity index (χ3n) is 2.94. The summed E-state index contributed by atoms with van der Waals surface area (Å²) in [5.41, 5.74) is 1.24. The fourth-order valence-corrected chi connectivity index (χ4v) is 2.89. The summed E-state index contributed by atoms with van der Waals surface area (Å²) in [6, 6.07) is 8.57. The highest BCUT2D eigenvalue weighted by Crippen LogP contribution is 2.30. The molecule has 0 unspecified atom stereocenters. The van der Waals surface area contributed by atoms with Gasteiger partial charge in [0.1, 0.15) is 0 Å². The molecule has 0 saturated heterocycles. The molecule has 0 aliphatic heterocycles. The van der Waals surface area contributed by atoms with E-state index >= 15 is 0 Å². The molecule has 116 valence electrons. The van der Waals surface area contributed by atoms with Crippen molar-refractivity contribution in [2.24, 2.45) is 5.14 Å². The molecule has 0 heterocycles. The number of nitro benzene ring substituents is 1. The number of nitrogens with zero attached hydrogens (tertiary/aromatic N) is 1. The molecule has 9 heteroatoms. The van der Waals surface area contributed by atoms with Crippen LogP contribution in [0.1, 0.15) is 5.56 Å². The van der Waals surface area contributed by atoms with Gasteiger partial charge in [-0.25, -0.2) is 13.6 Å². The van der Waals surface area contributed by atoms with Crippen molar-refractivity contribution in [2.45, 2.75) is 11.8 Å². The number of nitrogens with one attached hydrogen (secondary N) is 1. The smallest absolute Gasteiger partial charge is 0.271 e. The number of sulfonamides is 1. The van der Waals surface area contributed by atoms with Gasteiger partial charge in [-0.15, -0.1) is 0 Å². The summed E-state index contributed by atoms with van der Waals surface area (Å²) < 4.78 is 23.0. The van der Waals surface area contributed by atoms with Crippen LogP contribution in [-0.4, -0.2) is 13.3 Å². The van der Waals surface area contributed by atoms with Crippen LogP contribution in [-0.2, 0) is 10.0 Å². The fourth-order valence-electron chi connectivity index (χ4n) is 1.86. The zero-order valence-electron chi connectivity index (χ0n) is 11.4. The molecule has 7 nitrogen and oxygen atoms in total. The minimum atomic E-state index is -3.84. The Morgan fingerprint density at radius 1 is 1.23 bits per heavy atom. The summed E-state index contributed by atoms with van der Waals surface area (Å²) in [4.78, 5) is 10.1. The maximum atomic E-state index is 11.5. The lowest BCUT2D eigenvalue weighted by Gasteiger charge is -2.11. The van der Waals surface area contributed by atoms with E-state index in [1.807, 2.05) is 0 Å². The van der Waals surface area contributed by atoms with Gasteiger partial charge >= 0.3 is 0 Å². The number of nitro groups is 1. The molecule has 0 bridgehead atoms. The highest BCUT2D eigenvalue weighted by Gasteiger charge is 2.13. The lowest BCUT2D eigenvalue weighted by atomic mass is 10.2. The highest BCUT2D eigenvalue weighted by atomic mass is 35.5. The van der Waals surface area contributed by atoms with Gasteiger partial charge in [0, 0.05) is 17.8 Å². The van der Waals surface area contributed by atoms with Crippen LogP contribution < -0.4 is 10.5 Å². The van der Waals surface area contributed by atoms with E-state index in [1.165, 1.54) is 24.3 Å². The number of hydrogen-bond donors (Lipinski definition) is 2. The first kappa shape index (κ1) is 16.2. The highest BCUT2D eigenvalue weighted by molar-refractivity contribution is 7.89. The minimum Gasteiger partial charge on any atom is -0.354 e. The van der Waals surface area contributed by atoms with Crippen molar-refractivity contribution in [3.63, 3.8) is 0 Å². The van der Waals surface area contributed by atoms with E-state index < -0.39 is 14.9 Å². The molecule has 0 fully saturated rings. The van der Waals surface area contributed by atoms with Crippen LogP contribution in [0.3, 0.4) is 0 Å². The van der Waals surface area contributed by atoms with E-state index in [1.54, 1.807) is 19.1 Å². The second-order valence-corrected chi connectivity index (χ2v) is 6.51. The van der Waals surface area contributed by atoms with Crippen LogP contribution >= 0.6 is 11.6 Å². The van der Waals surface area contributed by atoms with Crippen molar-refractivity contribution >= 4 is 38.7 Å². The van der Waals surface area contributed by atoms with Gasteiger partial charge in [-0.05, 0) is 30.7 Å². The van der Waals surface area contributed by atoms with Gasteiger partial charge in [0.15, 0.2) is 0 Å². The largest absolute Gasteiger partial charge is 0.354 e. The van der Waals surface area contributed by atoms with Gasteiger partial charge in [-0.1, -0.05) is 17.7 Å². The van der Waals surface area contributed by atoms with Crippen LogP contribution in [0, 0.1) is 17.0 Å². The number of hydrogen-bond acceptors (Lipinski definition) is 5. The molecule has 0 aliphatic rings. The molecule has 2 rings (SSSR count). The number of aryl methyl sites for hydroxylation is 1. The third-order valence-corrected chi connectivity index (χ3v) is 4.30. The second-order valence-electron chi connectivity index (χ2n) is 4.57. The predicted molar refractivity (Wildman–Crippen MR) is 83.9 cm³/mol. The maximum Gasteiger partial charge on any atom is 0.271 e. The van der Waals surface area contributed by atoms with Gasteiger partial charge in [0.25, 0.3) is 5.69 Å². The molecule has 0 aliphatic carbocycles. The lowest BCUT2D eigenvalue weighted by molar-refractivity contribution is -0.384. The number of benzene rings is 2. The van der Waals surface area contributed by atoms with Crippen LogP contribution in [0.25, 0.3) is 0 Å². The van der Waals surface area contributed by atoms with Gasteiger partial charge < -0.3 is 5.32 Å². The summed E-state index contributed by atoms with van der Waals surface area (Å²) in [6.45, 7) is 1.63. The molecular weight excluding hydrogens is 330 g/mol. The Balaban J connectivity index is 2.38. The van der Waals surface area contributed by atoms with Crippen molar-refractivity contribution in [2.75, 3.05) is 5.32 Å². The monoisotopic (exact) mass is 341 g/mol. The van der Waals surface area contributed by atoms with Crippen molar-refractivity contribution < 1.29 is 13.3 Å². The average molecular weight is 342 g/mol. The Labute approximate surface area is 131 Å². The summed E-state index contributed by atoms with van der Waals surface area (Å²) in [6.07, 6.45) is 0. The Bertz CT molecular complexity index is 852. The molecule has 3 N–H and O–H groups in total. The first-order valence-corrected chi connectivity index (χ1v) is 7.95. The third kappa shape index (κ3) is 3.53. The summed E-state index contributed by atoms with van der Waals surface area (Å²) >= 11 is 5.97. The molecule has 22 heavy (non-hydrogen) atoms. The first-order valence-electron chi connectivity index (χ1n) is 6.03. The van der Waals surface area contributed by atoms with Crippen molar-refractivity contribution in [1.29, 1.82) is 0 Å². The van der Waals surface area contributed by atoms with Crippen molar-refractivity contribution in [3.05, 3.63) is 57.1 Å². The number of nitrogens with two attached hydrogens (primary N) is 1. The van der Waals surface area contributed by atoms with E-state index in [-0.39, 0.29) is 15.6 Å². The first-order chi connectivity index (χ1) is 10.2. The molecule has 0 amide bonds. The normalized spacial score (nSPS) is 11.2.